The van der Waals surface area contributed by atoms with Gasteiger partial charge in [-0.25, -0.2) is 4.39 Å². The van der Waals surface area contributed by atoms with Crippen molar-refractivity contribution in [3.8, 4) is 0 Å². The SMILES string of the molecule is CC(CC(N)=NO)NC(=O)c1cc(F)cc(Br)c1. The minimum atomic E-state index is -0.501. The first-order chi connectivity index (χ1) is 8.42. The Morgan fingerprint density at radius 3 is 2.83 bits per heavy atom. The van der Waals surface area contributed by atoms with Crippen molar-refractivity contribution in [1.82, 2.24) is 5.32 Å². The third kappa shape index (κ3) is 4.33. The van der Waals surface area contributed by atoms with Crippen molar-refractivity contribution >= 4 is 27.7 Å². The smallest absolute Gasteiger partial charge is 0.251 e. The molecule has 0 saturated heterocycles. The molecule has 0 bridgehead atoms. The number of nitrogens with one attached hydrogen (secondary N) is 1. The van der Waals surface area contributed by atoms with Crippen molar-refractivity contribution in [2.24, 2.45) is 10.9 Å². The van der Waals surface area contributed by atoms with Crippen LogP contribution in [0.5, 0.6) is 0 Å². The van der Waals surface area contributed by atoms with Gasteiger partial charge in [-0.1, -0.05) is 21.1 Å². The second kappa shape index (κ2) is 6.34. The summed E-state index contributed by atoms with van der Waals surface area (Å²) in [6.07, 6.45) is 0.207. The van der Waals surface area contributed by atoms with Crippen LogP contribution in [0.3, 0.4) is 0 Å². The molecular formula is C11H13BrFN3O2. The standard InChI is InChI=1S/C11H13BrFN3O2/c1-6(2-10(14)16-18)15-11(17)7-3-8(12)5-9(13)4-7/h3-6,18H,2H2,1H3,(H2,14,16)(H,15,17). The number of nitrogens with zero attached hydrogens (tertiary/aromatic N) is 1. The van der Waals surface area contributed by atoms with Gasteiger partial charge < -0.3 is 16.3 Å². The van der Waals surface area contributed by atoms with Gasteiger partial charge in [0.1, 0.15) is 11.7 Å². The lowest BCUT2D eigenvalue weighted by Gasteiger charge is -2.13. The maximum atomic E-state index is 13.1. The number of halogens is 2. The van der Waals surface area contributed by atoms with Gasteiger partial charge in [-0.05, 0) is 25.1 Å². The van der Waals surface area contributed by atoms with Crippen LogP contribution < -0.4 is 11.1 Å². The summed E-state index contributed by atoms with van der Waals surface area (Å²) in [4.78, 5) is 11.8. The van der Waals surface area contributed by atoms with Gasteiger partial charge in [0.2, 0.25) is 0 Å². The molecule has 1 aromatic carbocycles. The van der Waals surface area contributed by atoms with E-state index in [0.717, 1.165) is 6.07 Å². The van der Waals surface area contributed by atoms with Crippen molar-refractivity contribution in [2.75, 3.05) is 0 Å². The normalized spacial score (nSPS) is 13.2. The van der Waals surface area contributed by atoms with E-state index in [1.54, 1.807) is 6.92 Å². The summed E-state index contributed by atoms with van der Waals surface area (Å²) < 4.78 is 13.6. The quantitative estimate of drug-likeness (QED) is 0.343. The summed E-state index contributed by atoms with van der Waals surface area (Å²) in [7, 11) is 0. The van der Waals surface area contributed by atoms with E-state index in [-0.39, 0.29) is 23.9 Å². The number of amidine groups is 1. The second-order valence-electron chi connectivity index (χ2n) is 3.83. The van der Waals surface area contributed by atoms with E-state index in [1.165, 1.54) is 12.1 Å². The Balaban J connectivity index is 2.70. The van der Waals surface area contributed by atoms with E-state index in [1.807, 2.05) is 0 Å². The molecule has 98 valence electrons. The van der Waals surface area contributed by atoms with Gasteiger partial charge in [0, 0.05) is 22.5 Å². The zero-order valence-electron chi connectivity index (χ0n) is 9.65. The average Bonchev–Trinajstić information content (AvgIpc) is 2.27. The van der Waals surface area contributed by atoms with Crippen LogP contribution in [0.15, 0.2) is 27.8 Å². The molecule has 0 spiro atoms. The minimum Gasteiger partial charge on any atom is -0.409 e. The predicted octanol–water partition coefficient (Wildman–Crippen LogP) is 1.84. The first kappa shape index (κ1) is 14.4. The molecule has 7 heteroatoms. The molecule has 1 unspecified atom stereocenters. The second-order valence-corrected chi connectivity index (χ2v) is 4.74. The van der Waals surface area contributed by atoms with E-state index in [0.29, 0.717) is 4.47 Å². The molecule has 0 aliphatic heterocycles. The van der Waals surface area contributed by atoms with Crippen molar-refractivity contribution in [3.05, 3.63) is 34.1 Å². The molecule has 4 N–H and O–H groups in total. The Kier molecular flexibility index (Phi) is 5.08. The van der Waals surface area contributed by atoms with E-state index in [9.17, 15) is 9.18 Å². The summed E-state index contributed by atoms with van der Waals surface area (Å²) in [6, 6.07) is 3.58. The number of carbonyl (C=O) groups excluding carboxylic acids is 1. The lowest BCUT2D eigenvalue weighted by molar-refractivity contribution is 0.0940. The maximum Gasteiger partial charge on any atom is 0.251 e. The van der Waals surface area contributed by atoms with Crippen LogP contribution >= 0.6 is 15.9 Å². The highest BCUT2D eigenvalue weighted by molar-refractivity contribution is 9.10. The highest BCUT2D eigenvalue weighted by Crippen LogP contribution is 2.15. The monoisotopic (exact) mass is 317 g/mol. The Bertz CT molecular complexity index is 459. The third-order valence-corrected chi connectivity index (χ3v) is 2.60. The lowest BCUT2D eigenvalue weighted by atomic mass is 10.1. The van der Waals surface area contributed by atoms with Crippen molar-refractivity contribution in [1.29, 1.82) is 0 Å². The number of hydrogen-bond donors (Lipinski definition) is 3. The van der Waals surface area contributed by atoms with Crippen molar-refractivity contribution in [2.45, 2.75) is 19.4 Å². The molecule has 0 saturated carbocycles. The number of rotatable bonds is 4. The fourth-order valence-electron chi connectivity index (χ4n) is 1.40. The first-order valence-corrected chi connectivity index (χ1v) is 5.95. The Hall–Kier alpha value is -1.63. The van der Waals surface area contributed by atoms with E-state index in [4.69, 9.17) is 10.9 Å². The highest BCUT2D eigenvalue weighted by Gasteiger charge is 2.12. The summed E-state index contributed by atoms with van der Waals surface area (Å²) >= 11 is 3.11. The molecule has 18 heavy (non-hydrogen) atoms. The van der Waals surface area contributed by atoms with Gasteiger partial charge in [-0.3, -0.25) is 4.79 Å². The van der Waals surface area contributed by atoms with Gasteiger partial charge >= 0.3 is 0 Å². The Morgan fingerprint density at radius 2 is 2.28 bits per heavy atom. The molecule has 1 amide bonds. The number of hydrogen-bond acceptors (Lipinski definition) is 3. The van der Waals surface area contributed by atoms with E-state index >= 15 is 0 Å². The van der Waals surface area contributed by atoms with Gasteiger partial charge in [-0.15, -0.1) is 0 Å². The van der Waals surface area contributed by atoms with Gasteiger partial charge in [0.25, 0.3) is 5.91 Å². The average molecular weight is 318 g/mol. The lowest BCUT2D eigenvalue weighted by Crippen LogP contribution is -2.35. The highest BCUT2D eigenvalue weighted by atomic mass is 79.9. The van der Waals surface area contributed by atoms with Gasteiger partial charge in [0.05, 0.1) is 0 Å². The predicted molar refractivity (Wildman–Crippen MR) is 69.1 cm³/mol. The first-order valence-electron chi connectivity index (χ1n) is 5.15. The van der Waals surface area contributed by atoms with Gasteiger partial charge in [-0.2, -0.15) is 0 Å². The molecule has 0 radical (unpaired) electrons. The van der Waals surface area contributed by atoms with Crippen LogP contribution in [-0.4, -0.2) is 23.0 Å². The van der Waals surface area contributed by atoms with Crippen LogP contribution in [0, 0.1) is 5.82 Å². The molecule has 0 aliphatic carbocycles. The van der Waals surface area contributed by atoms with E-state index < -0.39 is 11.7 Å². The van der Waals surface area contributed by atoms with Crippen LogP contribution in [0.2, 0.25) is 0 Å². The summed E-state index contributed by atoms with van der Waals surface area (Å²) in [5, 5.41) is 13.8. The number of oxime groups is 1. The topological polar surface area (TPSA) is 87.7 Å². The summed E-state index contributed by atoms with van der Waals surface area (Å²) in [6.45, 7) is 1.70. The Morgan fingerprint density at radius 1 is 1.61 bits per heavy atom. The molecule has 0 fully saturated rings. The van der Waals surface area contributed by atoms with Crippen molar-refractivity contribution in [3.63, 3.8) is 0 Å². The molecular weight excluding hydrogens is 305 g/mol. The zero-order chi connectivity index (χ0) is 13.7. The molecule has 5 nitrogen and oxygen atoms in total. The molecule has 0 aliphatic rings. The fraction of sp³-hybridized carbons (Fsp3) is 0.273. The zero-order valence-corrected chi connectivity index (χ0v) is 11.2. The van der Waals surface area contributed by atoms with Crippen LogP contribution in [0.25, 0.3) is 0 Å². The Labute approximate surface area is 112 Å². The molecule has 1 rings (SSSR count). The number of nitrogens with two attached hydrogens (primary N) is 1. The number of amides is 1. The van der Waals surface area contributed by atoms with Crippen LogP contribution in [-0.2, 0) is 0 Å². The molecule has 1 aromatic rings. The van der Waals surface area contributed by atoms with E-state index in [2.05, 4.69) is 26.4 Å². The van der Waals surface area contributed by atoms with Gasteiger partial charge in [0.15, 0.2) is 0 Å². The van der Waals surface area contributed by atoms with Crippen LogP contribution in [0.4, 0.5) is 4.39 Å². The number of benzene rings is 1. The van der Waals surface area contributed by atoms with Crippen LogP contribution in [0.1, 0.15) is 23.7 Å². The molecule has 0 aromatic heterocycles. The summed E-state index contributed by atoms with van der Waals surface area (Å²) in [5.41, 5.74) is 5.52. The maximum absolute atomic E-state index is 13.1. The largest absolute Gasteiger partial charge is 0.409 e. The number of carbonyl (C=O) groups is 1. The molecule has 1 atom stereocenters. The third-order valence-electron chi connectivity index (χ3n) is 2.15. The minimum absolute atomic E-state index is 0.0169. The fourth-order valence-corrected chi connectivity index (χ4v) is 1.86. The molecule has 0 heterocycles. The van der Waals surface area contributed by atoms with Crippen molar-refractivity contribution < 1.29 is 14.4 Å². The summed E-state index contributed by atoms with van der Waals surface area (Å²) in [5.74, 6) is -0.907.